The molecule has 0 aliphatic carbocycles. The number of hydrogen-bond donors (Lipinski definition) is 1. The number of rotatable bonds is 4. The standard InChI is InChI=1S/C9H10F2O3/c1-13-7-3-2-6(12)4-8(7)14-5-9(10)11/h2-4,9,12H,5H2,1H3. The van der Waals surface area contributed by atoms with Crippen molar-refractivity contribution in [2.45, 2.75) is 6.43 Å². The Morgan fingerprint density at radius 3 is 2.64 bits per heavy atom. The summed E-state index contributed by atoms with van der Waals surface area (Å²) in [6, 6.07) is 4.05. The van der Waals surface area contributed by atoms with Crippen molar-refractivity contribution in [3.8, 4) is 17.2 Å². The molecule has 1 N–H and O–H groups in total. The van der Waals surface area contributed by atoms with Crippen molar-refractivity contribution >= 4 is 0 Å². The summed E-state index contributed by atoms with van der Waals surface area (Å²) in [6.45, 7) is -0.722. The van der Waals surface area contributed by atoms with Crippen LogP contribution in [-0.4, -0.2) is 25.2 Å². The molecule has 0 aromatic heterocycles. The van der Waals surface area contributed by atoms with Crippen molar-refractivity contribution in [1.29, 1.82) is 0 Å². The zero-order valence-corrected chi connectivity index (χ0v) is 7.54. The van der Waals surface area contributed by atoms with Gasteiger partial charge in [-0.25, -0.2) is 8.78 Å². The fourth-order valence-electron chi connectivity index (χ4n) is 0.931. The minimum atomic E-state index is -2.55. The first-order chi connectivity index (χ1) is 6.63. The van der Waals surface area contributed by atoms with Gasteiger partial charge >= 0.3 is 0 Å². The Balaban J connectivity index is 2.77. The van der Waals surface area contributed by atoms with Crippen LogP contribution in [0.1, 0.15) is 0 Å². The van der Waals surface area contributed by atoms with Crippen molar-refractivity contribution < 1.29 is 23.4 Å². The number of aromatic hydroxyl groups is 1. The maximum Gasteiger partial charge on any atom is 0.272 e. The van der Waals surface area contributed by atoms with Gasteiger partial charge in [-0.2, -0.15) is 0 Å². The zero-order chi connectivity index (χ0) is 10.6. The molecule has 0 radical (unpaired) electrons. The highest BCUT2D eigenvalue weighted by Crippen LogP contribution is 2.30. The van der Waals surface area contributed by atoms with Gasteiger partial charge < -0.3 is 14.6 Å². The first-order valence-corrected chi connectivity index (χ1v) is 3.91. The molecule has 0 aliphatic heterocycles. The predicted molar refractivity (Wildman–Crippen MR) is 46.2 cm³/mol. The smallest absolute Gasteiger partial charge is 0.272 e. The van der Waals surface area contributed by atoms with E-state index in [2.05, 4.69) is 0 Å². The Hall–Kier alpha value is -1.52. The second kappa shape index (κ2) is 4.64. The molecule has 0 atom stereocenters. The second-order valence-electron chi connectivity index (χ2n) is 2.54. The van der Waals surface area contributed by atoms with E-state index in [1.54, 1.807) is 0 Å². The maximum absolute atomic E-state index is 11.8. The molecule has 0 saturated carbocycles. The van der Waals surface area contributed by atoms with Crippen LogP contribution in [0, 0.1) is 0 Å². The number of halogens is 2. The Labute approximate surface area is 79.9 Å². The molecule has 1 aromatic rings. The lowest BCUT2D eigenvalue weighted by Gasteiger charge is -2.10. The predicted octanol–water partition coefficient (Wildman–Crippen LogP) is 2.04. The third-order valence-electron chi connectivity index (χ3n) is 1.51. The molecule has 0 fully saturated rings. The molecule has 0 heterocycles. The van der Waals surface area contributed by atoms with E-state index < -0.39 is 13.0 Å². The molecular weight excluding hydrogens is 194 g/mol. The Kier molecular flexibility index (Phi) is 3.50. The molecule has 0 amide bonds. The molecule has 0 unspecified atom stereocenters. The lowest BCUT2D eigenvalue weighted by atomic mass is 10.3. The molecule has 0 aliphatic rings. The Morgan fingerprint density at radius 1 is 1.36 bits per heavy atom. The number of phenols is 1. The van der Waals surface area contributed by atoms with E-state index in [-0.39, 0.29) is 11.5 Å². The first kappa shape index (κ1) is 10.6. The molecule has 78 valence electrons. The minimum Gasteiger partial charge on any atom is -0.508 e. The fourth-order valence-corrected chi connectivity index (χ4v) is 0.931. The third-order valence-corrected chi connectivity index (χ3v) is 1.51. The summed E-state index contributed by atoms with van der Waals surface area (Å²) in [5.41, 5.74) is 0. The highest BCUT2D eigenvalue weighted by atomic mass is 19.3. The van der Waals surface area contributed by atoms with Gasteiger partial charge in [0.05, 0.1) is 7.11 Å². The summed E-state index contributed by atoms with van der Waals surface area (Å²) in [6.07, 6.45) is -2.55. The number of hydrogen-bond acceptors (Lipinski definition) is 3. The molecular formula is C9H10F2O3. The fraction of sp³-hybridized carbons (Fsp3) is 0.333. The molecule has 1 rings (SSSR count). The second-order valence-corrected chi connectivity index (χ2v) is 2.54. The lowest BCUT2D eigenvalue weighted by molar-refractivity contribution is 0.0803. The zero-order valence-electron chi connectivity index (χ0n) is 7.54. The Morgan fingerprint density at radius 2 is 2.07 bits per heavy atom. The maximum atomic E-state index is 11.8. The largest absolute Gasteiger partial charge is 0.508 e. The third kappa shape index (κ3) is 2.76. The summed E-state index contributed by atoms with van der Waals surface area (Å²) in [4.78, 5) is 0. The van der Waals surface area contributed by atoms with Crippen molar-refractivity contribution in [3.63, 3.8) is 0 Å². The van der Waals surface area contributed by atoms with Crippen LogP contribution < -0.4 is 9.47 Å². The van der Waals surface area contributed by atoms with Gasteiger partial charge in [0.2, 0.25) is 0 Å². The number of alkyl halides is 2. The van der Waals surface area contributed by atoms with Gasteiger partial charge in [0.15, 0.2) is 11.5 Å². The summed E-state index contributed by atoms with van der Waals surface area (Å²) in [5, 5.41) is 9.08. The summed E-state index contributed by atoms with van der Waals surface area (Å²) in [5.74, 6) is 0.353. The quantitative estimate of drug-likeness (QED) is 0.815. The molecule has 1 aromatic carbocycles. The lowest BCUT2D eigenvalue weighted by Crippen LogP contribution is -2.07. The average molecular weight is 204 g/mol. The van der Waals surface area contributed by atoms with E-state index in [1.807, 2.05) is 0 Å². The van der Waals surface area contributed by atoms with Crippen LogP contribution in [0.3, 0.4) is 0 Å². The van der Waals surface area contributed by atoms with E-state index in [0.29, 0.717) is 5.75 Å². The average Bonchev–Trinajstić information content (AvgIpc) is 2.15. The van der Waals surface area contributed by atoms with Crippen LogP contribution >= 0.6 is 0 Å². The van der Waals surface area contributed by atoms with Crippen molar-refractivity contribution in [3.05, 3.63) is 18.2 Å². The molecule has 0 saturated heterocycles. The van der Waals surface area contributed by atoms with Crippen molar-refractivity contribution in [2.24, 2.45) is 0 Å². The number of methoxy groups -OCH3 is 1. The van der Waals surface area contributed by atoms with Gasteiger partial charge in [0.1, 0.15) is 12.4 Å². The van der Waals surface area contributed by atoms with Crippen LogP contribution in [-0.2, 0) is 0 Å². The molecule has 3 nitrogen and oxygen atoms in total. The summed E-state index contributed by atoms with van der Waals surface area (Å²) < 4.78 is 33.2. The normalized spacial score (nSPS) is 10.3. The van der Waals surface area contributed by atoms with E-state index in [1.165, 1.54) is 25.3 Å². The highest BCUT2D eigenvalue weighted by Gasteiger charge is 2.08. The van der Waals surface area contributed by atoms with Gasteiger partial charge in [-0.1, -0.05) is 0 Å². The van der Waals surface area contributed by atoms with Gasteiger partial charge in [-0.15, -0.1) is 0 Å². The monoisotopic (exact) mass is 204 g/mol. The van der Waals surface area contributed by atoms with Crippen molar-refractivity contribution in [2.75, 3.05) is 13.7 Å². The number of benzene rings is 1. The van der Waals surface area contributed by atoms with Crippen LogP contribution in [0.15, 0.2) is 18.2 Å². The van der Waals surface area contributed by atoms with Gasteiger partial charge in [0, 0.05) is 6.07 Å². The first-order valence-electron chi connectivity index (χ1n) is 3.91. The summed E-state index contributed by atoms with van der Waals surface area (Å²) in [7, 11) is 1.39. The van der Waals surface area contributed by atoms with Gasteiger partial charge in [0.25, 0.3) is 6.43 Å². The van der Waals surface area contributed by atoms with Crippen LogP contribution in [0.5, 0.6) is 17.2 Å². The molecule has 5 heteroatoms. The van der Waals surface area contributed by atoms with Crippen LogP contribution in [0.25, 0.3) is 0 Å². The van der Waals surface area contributed by atoms with Crippen LogP contribution in [0.2, 0.25) is 0 Å². The van der Waals surface area contributed by atoms with E-state index in [9.17, 15) is 8.78 Å². The SMILES string of the molecule is COc1ccc(O)cc1OCC(F)F. The van der Waals surface area contributed by atoms with Crippen molar-refractivity contribution in [1.82, 2.24) is 0 Å². The summed E-state index contributed by atoms with van der Waals surface area (Å²) >= 11 is 0. The number of phenolic OH excluding ortho intramolecular Hbond substituents is 1. The number of ether oxygens (including phenoxy) is 2. The topological polar surface area (TPSA) is 38.7 Å². The van der Waals surface area contributed by atoms with Gasteiger partial charge in [-0.05, 0) is 12.1 Å². The van der Waals surface area contributed by atoms with E-state index in [0.717, 1.165) is 0 Å². The minimum absolute atomic E-state index is 0.0601. The highest BCUT2D eigenvalue weighted by molar-refractivity contribution is 5.44. The molecule has 0 spiro atoms. The molecule has 0 bridgehead atoms. The molecule has 14 heavy (non-hydrogen) atoms. The van der Waals surface area contributed by atoms with Gasteiger partial charge in [-0.3, -0.25) is 0 Å². The van der Waals surface area contributed by atoms with Crippen LogP contribution in [0.4, 0.5) is 8.78 Å². The van der Waals surface area contributed by atoms with E-state index >= 15 is 0 Å². The Bertz CT molecular complexity index is 302. The van der Waals surface area contributed by atoms with E-state index in [4.69, 9.17) is 14.6 Å².